The van der Waals surface area contributed by atoms with Crippen LogP contribution in [0.2, 0.25) is 5.02 Å². The molecule has 0 fully saturated rings. The minimum Gasteiger partial charge on any atom is -0.497 e. The summed E-state index contributed by atoms with van der Waals surface area (Å²) in [6, 6.07) is 14.2. The van der Waals surface area contributed by atoms with Gasteiger partial charge in [-0.2, -0.15) is 5.26 Å². The summed E-state index contributed by atoms with van der Waals surface area (Å²) in [7, 11) is 3.15. The normalized spacial score (nSPS) is 11.3. The summed E-state index contributed by atoms with van der Waals surface area (Å²) in [5.41, 5.74) is 1.38. The topological polar surface area (TPSA) is 54.3 Å². The van der Waals surface area contributed by atoms with Gasteiger partial charge in [0.25, 0.3) is 0 Å². The highest BCUT2D eigenvalue weighted by molar-refractivity contribution is 6.31. The molecule has 1 unspecified atom stereocenters. The number of nitriles is 1. The molecule has 4 nitrogen and oxygen atoms in total. The minimum atomic E-state index is -0.624. The molecule has 0 aliphatic heterocycles. The largest absolute Gasteiger partial charge is 0.497 e. The third-order valence-corrected chi connectivity index (χ3v) is 3.36. The second-order valence-corrected chi connectivity index (χ2v) is 4.70. The Morgan fingerprint density at radius 2 is 1.90 bits per heavy atom. The molecule has 21 heavy (non-hydrogen) atoms. The number of halogens is 1. The number of nitrogens with one attached hydrogen (secondary N) is 1. The van der Waals surface area contributed by atoms with Crippen molar-refractivity contribution in [3.8, 4) is 17.6 Å². The fraction of sp³-hybridized carbons (Fsp3) is 0.188. The molecule has 0 aliphatic carbocycles. The summed E-state index contributed by atoms with van der Waals surface area (Å²) in [4.78, 5) is 0. The standard InChI is InChI=1S/C16H15ClN2O2/c1-20-12-6-3-5-11(9-12)19-14(10-18)16-13(17)7-4-8-15(16)21-2/h3-9,14,19H,1-2H3. The monoisotopic (exact) mass is 302 g/mol. The van der Waals surface area contributed by atoms with Crippen molar-refractivity contribution < 1.29 is 9.47 Å². The summed E-state index contributed by atoms with van der Waals surface area (Å²) in [6.07, 6.45) is 0. The maximum atomic E-state index is 9.45. The van der Waals surface area contributed by atoms with E-state index in [1.54, 1.807) is 32.4 Å². The van der Waals surface area contributed by atoms with E-state index in [9.17, 15) is 5.26 Å². The van der Waals surface area contributed by atoms with Gasteiger partial charge in [0, 0.05) is 17.3 Å². The van der Waals surface area contributed by atoms with Gasteiger partial charge in [0.05, 0.1) is 25.3 Å². The summed E-state index contributed by atoms with van der Waals surface area (Å²) in [5, 5.41) is 13.1. The van der Waals surface area contributed by atoms with Gasteiger partial charge in [-0.25, -0.2) is 0 Å². The third-order valence-electron chi connectivity index (χ3n) is 3.03. The number of hydrogen-bond acceptors (Lipinski definition) is 4. The van der Waals surface area contributed by atoms with Crippen LogP contribution in [0.15, 0.2) is 42.5 Å². The minimum absolute atomic E-state index is 0.483. The van der Waals surface area contributed by atoms with E-state index in [0.29, 0.717) is 22.1 Å². The van der Waals surface area contributed by atoms with E-state index in [4.69, 9.17) is 21.1 Å². The van der Waals surface area contributed by atoms with Crippen molar-refractivity contribution >= 4 is 17.3 Å². The molecule has 2 aromatic carbocycles. The maximum absolute atomic E-state index is 9.45. The van der Waals surface area contributed by atoms with Gasteiger partial charge in [-0.05, 0) is 24.3 Å². The molecule has 0 heterocycles. The summed E-state index contributed by atoms with van der Waals surface area (Å²) in [6.45, 7) is 0. The van der Waals surface area contributed by atoms with E-state index in [1.165, 1.54) is 0 Å². The first kappa shape index (κ1) is 15.0. The van der Waals surface area contributed by atoms with Gasteiger partial charge in [0.15, 0.2) is 0 Å². The van der Waals surface area contributed by atoms with E-state index in [1.807, 2.05) is 24.3 Å². The summed E-state index contributed by atoms with van der Waals surface area (Å²) in [5.74, 6) is 1.28. The Hall–Kier alpha value is -2.38. The first-order valence-corrected chi connectivity index (χ1v) is 6.70. The average molecular weight is 303 g/mol. The van der Waals surface area contributed by atoms with Crippen molar-refractivity contribution in [1.29, 1.82) is 5.26 Å². The van der Waals surface area contributed by atoms with E-state index >= 15 is 0 Å². The molecule has 0 spiro atoms. The molecule has 1 N–H and O–H groups in total. The van der Waals surface area contributed by atoms with Crippen molar-refractivity contribution in [2.45, 2.75) is 6.04 Å². The fourth-order valence-electron chi connectivity index (χ4n) is 2.02. The van der Waals surface area contributed by atoms with E-state index in [-0.39, 0.29) is 0 Å². The van der Waals surface area contributed by atoms with Gasteiger partial charge in [-0.15, -0.1) is 0 Å². The number of methoxy groups -OCH3 is 2. The molecular formula is C16H15ClN2O2. The number of hydrogen-bond donors (Lipinski definition) is 1. The molecule has 0 amide bonds. The number of anilines is 1. The predicted octanol–water partition coefficient (Wildman–Crippen LogP) is 4.03. The molecule has 108 valence electrons. The van der Waals surface area contributed by atoms with Crippen LogP contribution < -0.4 is 14.8 Å². The van der Waals surface area contributed by atoms with Crippen LogP contribution >= 0.6 is 11.6 Å². The smallest absolute Gasteiger partial charge is 0.145 e. The van der Waals surface area contributed by atoms with Gasteiger partial charge in [0.1, 0.15) is 17.5 Å². The first-order chi connectivity index (χ1) is 10.2. The highest BCUT2D eigenvalue weighted by Gasteiger charge is 2.19. The predicted molar refractivity (Wildman–Crippen MR) is 83.0 cm³/mol. The summed E-state index contributed by atoms with van der Waals surface area (Å²) < 4.78 is 10.5. The van der Waals surface area contributed by atoms with Crippen molar-refractivity contribution in [2.75, 3.05) is 19.5 Å². The second-order valence-electron chi connectivity index (χ2n) is 4.29. The van der Waals surface area contributed by atoms with Gasteiger partial charge in [-0.3, -0.25) is 0 Å². The van der Waals surface area contributed by atoms with Crippen LogP contribution in [0.25, 0.3) is 0 Å². The number of rotatable bonds is 5. The lowest BCUT2D eigenvalue weighted by atomic mass is 10.1. The zero-order valence-corrected chi connectivity index (χ0v) is 12.5. The van der Waals surface area contributed by atoms with Crippen LogP contribution in [0.5, 0.6) is 11.5 Å². The quantitative estimate of drug-likeness (QED) is 0.906. The van der Waals surface area contributed by atoms with Crippen molar-refractivity contribution in [2.24, 2.45) is 0 Å². The van der Waals surface area contributed by atoms with Crippen LogP contribution in [0, 0.1) is 11.3 Å². The van der Waals surface area contributed by atoms with Gasteiger partial charge in [0.2, 0.25) is 0 Å². The Morgan fingerprint density at radius 1 is 1.14 bits per heavy atom. The molecule has 2 aromatic rings. The van der Waals surface area contributed by atoms with Crippen molar-refractivity contribution in [3.63, 3.8) is 0 Å². The molecule has 0 aliphatic rings. The highest BCUT2D eigenvalue weighted by atomic mass is 35.5. The van der Waals surface area contributed by atoms with Crippen LogP contribution in [0.3, 0.4) is 0 Å². The molecule has 2 rings (SSSR count). The van der Waals surface area contributed by atoms with Gasteiger partial charge < -0.3 is 14.8 Å². The molecule has 5 heteroatoms. The fourth-order valence-corrected chi connectivity index (χ4v) is 2.30. The molecule has 0 aromatic heterocycles. The number of nitrogens with zero attached hydrogens (tertiary/aromatic N) is 1. The van der Waals surface area contributed by atoms with Gasteiger partial charge >= 0.3 is 0 Å². The SMILES string of the molecule is COc1cccc(NC(C#N)c2c(Cl)cccc2OC)c1. The lowest BCUT2D eigenvalue weighted by Crippen LogP contribution is -2.10. The second kappa shape index (κ2) is 6.87. The van der Waals surface area contributed by atoms with Crippen LogP contribution in [0.1, 0.15) is 11.6 Å². The Morgan fingerprint density at radius 3 is 2.57 bits per heavy atom. The Balaban J connectivity index is 2.35. The molecular weight excluding hydrogens is 288 g/mol. The van der Waals surface area contributed by atoms with E-state index in [0.717, 1.165) is 5.69 Å². The van der Waals surface area contributed by atoms with Crippen molar-refractivity contribution in [3.05, 3.63) is 53.1 Å². The molecule has 0 bridgehead atoms. The molecule has 0 saturated heterocycles. The molecule has 0 saturated carbocycles. The molecule has 0 radical (unpaired) electrons. The number of benzene rings is 2. The van der Waals surface area contributed by atoms with E-state index < -0.39 is 6.04 Å². The highest BCUT2D eigenvalue weighted by Crippen LogP contribution is 2.34. The lowest BCUT2D eigenvalue weighted by molar-refractivity contribution is 0.409. The average Bonchev–Trinajstić information content (AvgIpc) is 2.53. The Kier molecular flexibility index (Phi) is 4.91. The third kappa shape index (κ3) is 3.39. The van der Waals surface area contributed by atoms with Crippen LogP contribution in [-0.2, 0) is 0 Å². The van der Waals surface area contributed by atoms with Crippen molar-refractivity contribution in [1.82, 2.24) is 0 Å². The summed E-state index contributed by atoms with van der Waals surface area (Å²) >= 11 is 6.21. The Bertz CT molecular complexity index is 668. The van der Waals surface area contributed by atoms with E-state index in [2.05, 4.69) is 11.4 Å². The lowest BCUT2D eigenvalue weighted by Gasteiger charge is -2.18. The van der Waals surface area contributed by atoms with Gasteiger partial charge in [-0.1, -0.05) is 23.7 Å². The molecule has 1 atom stereocenters. The first-order valence-electron chi connectivity index (χ1n) is 6.32. The van der Waals surface area contributed by atoms with Crippen LogP contribution in [0.4, 0.5) is 5.69 Å². The van der Waals surface area contributed by atoms with Crippen LogP contribution in [-0.4, -0.2) is 14.2 Å². The zero-order chi connectivity index (χ0) is 15.2. The maximum Gasteiger partial charge on any atom is 0.145 e. The number of ether oxygens (including phenoxy) is 2. The Labute approximate surface area is 128 Å². The zero-order valence-electron chi connectivity index (χ0n) is 11.8.